The summed E-state index contributed by atoms with van der Waals surface area (Å²) in [5.41, 5.74) is 1.78. The molecule has 0 radical (unpaired) electrons. The van der Waals surface area contributed by atoms with Gasteiger partial charge in [0.15, 0.2) is 5.82 Å². The smallest absolute Gasteiger partial charge is 0.314 e. The van der Waals surface area contributed by atoms with Crippen LogP contribution in [-0.4, -0.2) is 14.9 Å². The Kier molecular flexibility index (Phi) is 4.05. The minimum atomic E-state index is -0.754. The van der Waals surface area contributed by atoms with E-state index in [1.54, 1.807) is 0 Å². The maximum Gasteiger partial charge on any atom is 0.314 e. The number of rotatable bonds is 4. The van der Waals surface area contributed by atoms with Crippen molar-refractivity contribution in [2.24, 2.45) is 5.84 Å². The van der Waals surface area contributed by atoms with Gasteiger partial charge in [-0.1, -0.05) is 0 Å². The van der Waals surface area contributed by atoms with Crippen molar-refractivity contribution in [3.05, 3.63) is 44.9 Å². The summed E-state index contributed by atoms with van der Waals surface area (Å²) in [5.74, 6) is 4.57. The van der Waals surface area contributed by atoms with Crippen LogP contribution in [0.3, 0.4) is 0 Å². The fourth-order valence-corrected chi connectivity index (χ4v) is 1.75. The van der Waals surface area contributed by atoms with Gasteiger partial charge in [0.05, 0.1) is 11.0 Å². The van der Waals surface area contributed by atoms with Crippen LogP contribution >= 0.6 is 15.9 Å². The maximum absolute atomic E-state index is 13.0. The zero-order valence-corrected chi connectivity index (χ0v) is 11.3. The van der Waals surface area contributed by atoms with E-state index >= 15 is 0 Å². The molecule has 0 aliphatic carbocycles. The molecule has 0 saturated heterocycles. The van der Waals surface area contributed by atoms with Gasteiger partial charge in [-0.25, -0.2) is 20.2 Å². The van der Waals surface area contributed by atoms with Crippen LogP contribution < -0.4 is 16.0 Å². The first kappa shape index (κ1) is 14.1. The van der Waals surface area contributed by atoms with Crippen molar-refractivity contribution in [2.75, 3.05) is 5.43 Å². The average Bonchev–Trinajstić information content (AvgIpc) is 2.42. The van der Waals surface area contributed by atoms with Gasteiger partial charge >= 0.3 is 5.69 Å². The molecule has 0 aliphatic heterocycles. The molecule has 20 heavy (non-hydrogen) atoms. The monoisotopic (exact) mass is 343 g/mol. The highest BCUT2D eigenvalue weighted by Crippen LogP contribution is 2.35. The number of nitrogens with one attached hydrogen (secondary N) is 1. The molecule has 10 heteroatoms. The Balaban J connectivity index is 2.42. The van der Waals surface area contributed by atoms with Crippen LogP contribution in [0.4, 0.5) is 15.9 Å². The second kappa shape index (κ2) is 5.75. The fraction of sp³-hybridized carbons (Fsp3) is 0. The first-order valence-electron chi connectivity index (χ1n) is 5.12. The van der Waals surface area contributed by atoms with Gasteiger partial charge < -0.3 is 10.2 Å². The number of nitro groups is 1. The van der Waals surface area contributed by atoms with Crippen LogP contribution in [0.1, 0.15) is 0 Å². The summed E-state index contributed by atoms with van der Waals surface area (Å²) in [6.45, 7) is 0. The fourth-order valence-electron chi connectivity index (χ4n) is 1.35. The molecule has 104 valence electrons. The third-order valence-electron chi connectivity index (χ3n) is 2.22. The highest BCUT2D eigenvalue weighted by atomic mass is 79.9. The van der Waals surface area contributed by atoms with Crippen molar-refractivity contribution in [1.82, 2.24) is 9.97 Å². The number of halogens is 2. The number of anilines is 1. The summed E-state index contributed by atoms with van der Waals surface area (Å²) in [5, 5.41) is 10.9. The predicted molar refractivity (Wildman–Crippen MR) is 70.7 cm³/mol. The summed E-state index contributed by atoms with van der Waals surface area (Å²) >= 11 is 3.14. The van der Waals surface area contributed by atoms with Crippen molar-refractivity contribution >= 4 is 27.4 Å². The number of ether oxygens (including phenoxy) is 1. The molecule has 1 heterocycles. The van der Waals surface area contributed by atoms with Crippen LogP contribution in [0.25, 0.3) is 0 Å². The average molecular weight is 344 g/mol. The number of hydrogen-bond donors (Lipinski definition) is 2. The zero-order valence-electron chi connectivity index (χ0n) is 9.71. The van der Waals surface area contributed by atoms with E-state index in [-0.39, 0.29) is 21.9 Å². The molecule has 8 nitrogen and oxygen atoms in total. The minimum absolute atomic E-state index is 0.00246. The first-order valence-corrected chi connectivity index (χ1v) is 5.91. The lowest BCUT2D eigenvalue weighted by Crippen LogP contribution is -2.10. The molecule has 1 aromatic heterocycles. The molecule has 2 aromatic rings. The topological polar surface area (TPSA) is 116 Å². The van der Waals surface area contributed by atoms with Crippen LogP contribution in [0.15, 0.2) is 29.0 Å². The van der Waals surface area contributed by atoms with E-state index in [0.29, 0.717) is 0 Å². The van der Waals surface area contributed by atoms with Crippen LogP contribution in [0.5, 0.6) is 11.6 Å². The van der Waals surface area contributed by atoms with E-state index in [4.69, 9.17) is 10.6 Å². The van der Waals surface area contributed by atoms with Crippen molar-refractivity contribution < 1.29 is 14.1 Å². The van der Waals surface area contributed by atoms with E-state index in [1.165, 1.54) is 0 Å². The standard InChI is InChI=1S/C10H7BrFN5O3/c11-8-9(16-13)14-4-15-10(8)20-7-2-1-5(12)3-6(7)17(18)19/h1-4H,13H2,(H,14,15,16). The van der Waals surface area contributed by atoms with Crippen LogP contribution in [0, 0.1) is 15.9 Å². The summed E-state index contributed by atoms with van der Waals surface area (Å²) < 4.78 is 18.6. The molecule has 3 N–H and O–H groups in total. The molecule has 0 bridgehead atoms. The largest absolute Gasteiger partial charge is 0.430 e. The molecule has 0 unspecified atom stereocenters. The number of hydrogen-bond acceptors (Lipinski definition) is 7. The number of nitrogens with two attached hydrogens (primary N) is 1. The van der Waals surface area contributed by atoms with Gasteiger partial charge in [-0.05, 0) is 28.1 Å². The van der Waals surface area contributed by atoms with E-state index in [9.17, 15) is 14.5 Å². The Hall–Kier alpha value is -2.33. The quantitative estimate of drug-likeness (QED) is 0.497. The Bertz CT molecular complexity index is 669. The molecule has 0 atom stereocenters. The Morgan fingerprint density at radius 2 is 2.20 bits per heavy atom. The molecule has 0 spiro atoms. The predicted octanol–water partition coefficient (Wildman–Crippen LogP) is 2.36. The van der Waals surface area contributed by atoms with Gasteiger partial charge in [-0.2, -0.15) is 0 Å². The maximum atomic E-state index is 13.0. The molecular weight excluding hydrogens is 337 g/mol. The third kappa shape index (κ3) is 2.81. The number of benzene rings is 1. The molecular formula is C10H7BrFN5O3. The summed E-state index contributed by atoms with van der Waals surface area (Å²) in [6, 6.07) is 2.93. The summed E-state index contributed by atoms with van der Waals surface area (Å²) in [4.78, 5) is 17.7. The second-order valence-electron chi connectivity index (χ2n) is 3.46. The van der Waals surface area contributed by atoms with E-state index in [2.05, 4.69) is 31.3 Å². The Morgan fingerprint density at radius 3 is 2.85 bits per heavy atom. The van der Waals surface area contributed by atoms with Crippen LogP contribution in [0.2, 0.25) is 0 Å². The van der Waals surface area contributed by atoms with E-state index in [0.717, 1.165) is 24.5 Å². The van der Waals surface area contributed by atoms with Crippen LogP contribution in [-0.2, 0) is 0 Å². The lowest BCUT2D eigenvalue weighted by Gasteiger charge is -2.09. The van der Waals surface area contributed by atoms with Gasteiger partial charge in [0.2, 0.25) is 11.6 Å². The Morgan fingerprint density at radius 1 is 1.45 bits per heavy atom. The second-order valence-corrected chi connectivity index (χ2v) is 4.25. The van der Waals surface area contributed by atoms with Gasteiger partial charge in [0, 0.05) is 0 Å². The summed E-state index contributed by atoms with van der Waals surface area (Å²) in [6.07, 6.45) is 1.16. The van der Waals surface area contributed by atoms with Crippen molar-refractivity contribution in [2.45, 2.75) is 0 Å². The van der Waals surface area contributed by atoms with E-state index in [1.807, 2.05) is 0 Å². The lowest BCUT2D eigenvalue weighted by molar-refractivity contribution is -0.385. The number of aromatic nitrogens is 2. The highest BCUT2D eigenvalue weighted by Gasteiger charge is 2.19. The lowest BCUT2D eigenvalue weighted by atomic mass is 10.3. The van der Waals surface area contributed by atoms with Crippen molar-refractivity contribution in [3.63, 3.8) is 0 Å². The third-order valence-corrected chi connectivity index (χ3v) is 2.93. The summed E-state index contributed by atoms with van der Waals surface area (Å²) in [7, 11) is 0. The number of hydrazine groups is 1. The van der Waals surface area contributed by atoms with Gasteiger partial charge in [0.25, 0.3) is 0 Å². The zero-order chi connectivity index (χ0) is 14.7. The minimum Gasteiger partial charge on any atom is -0.430 e. The molecule has 0 amide bonds. The van der Waals surface area contributed by atoms with Gasteiger partial charge in [0.1, 0.15) is 16.6 Å². The molecule has 2 rings (SSSR count). The molecule has 1 aromatic carbocycles. The van der Waals surface area contributed by atoms with Crippen molar-refractivity contribution in [1.29, 1.82) is 0 Å². The number of nitro benzene ring substituents is 1. The number of nitrogen functional groups attached to an aromatic ring is 1. The SMILES string of the molecule is NNc1ncnc(Oc2ccc(F)cc2[N+](=O)[O-])c1Br. The van der Waals surface area contributed by atoms with Crippen molar-refractivity contribution in [3.8, 4) is 11.6 Å². The normalized spacial score (nSPS) is 10.2. The number of nitrogens with zero attached hydrogens (tertiary/aromatic N) is 3. The van der Waals surface area contributed by atoms with E-state index < -0.39 is 16.4 Å². The molecule has 0 saturated carbocycles. The van der Waals surface area contributed by atoms with Gasteiger partial charge in [-0.3, -0.25) is 10.1 Å². The highest BCUT2D eigenvalue weighted by molar-refractivity contribution is 9.10. The Labute approximate surface area is 120 Å². The first-order chi connectivity index (χ1) is 9.52. The molecule has 0 aliphatic rings. The van der Waals surface area contributed by atoms with Gasteiger partial charge in [-0.15, -0.1) is 0 Å². The molecule has 0 fully saturated rings.